The van der Waals surface area contributed by atoms with E-state index in [9.17, 15) is 4.79 Å². The standard InChI is InChI=1S/C19H28N2O3/c1-15-5-6-16(17(13-15)23-2)20-18(22)14-19(7-3-4-8-19)21-9-11-24-12-10-21/h5-6,13H,3-4,7-12,14H2,1-2H3,(H,20,22). The number of morpholine rings is 1. The zero-order valence-corrected chi connectivity index (χ0v) is 14.8. The largest absolute Gasteiger partial charge is 0.495 e. The van der Waals surface area contributed by atoms with Crippen LogP contribution in [0.5, 0.6) is 5.75 Å². The summed E-state index contributed by atoms with van der Waals surface area (Å²) in [7, 11) is 1.64. The molecule has 0 aromatic heterocycles. The van der Waals surface area contributed by atoms with Crippen LogP contribution in [-0.2, 0) is 9.53 Å². The molecule has 1 aromatic rings. The Hall–Kier alpha value is -1.59. The van der Waals surface area contributed by atoms with Crippen LogP contribution in [0, 0.1) is 6.92 Å². The molecule has 1 aliphatic carbocycles. The minimum atomic E-state index is 0.00575. The molecule has 5 nitrogen and oxygen atoms in total. The van der Waals surface area contributed by atoms with Crippen LogP contribution in [0.2, 0.25) is 0 Å². The number of ether oxygens (including phenoxy) is 2. The summed E-state index contributed by atoms with van der Waals surface area (Å²) in [5, 5.41) is 3.06. The Labute approximate surface area is 144 Å². The van der Waals surface area contributed by atoms with Crippen molar-refractivity contribution >= 4 is 11.6 Å². The Morgan fingerprint density at radius 1 is 1.29 bits per heavy atom. The highest BCUT2D eigenvalue weighted by molar-refractivity contribution is 5.93. The highest BCUT2D eigenvalue weighted by atomic mass is 16.5. The number of carbonyl (C=O) groups excluding carboxylic acids is 1. The molecule has 1 saturated heterocycles. The molecule has 24 heavy (non-hydrogen) atoms. The molecule has 2 aliphatic rings. The molecule has 1 aromatic carbocycles. The van der Waals surface area contributed by atoms with Crippen molar-refractivity contribution in [1.29, 1.82) is 0 Å². The molecule has 132 valence electrons. The second-order valence-electron chi connectivity index (χ2n) is 6.96. The molecule has 0 bridgehead atoms. The van der Waals surface area contributed by atoms with Crippen LogP contribution >= 0.6 is 0 Å². The number of aryl methyl sites for hydroxylation is 1. The first-order chi connectivity index (χ1) is 11.6. The molecule has 1 saturated carbocycles. The van der Waals surface area contributed by atoms with Gasteiger partial charge >= 0.3 is 0 Å². The molecule has 1 amide bonds. The fraction of sp³-hybridized carbons (Fsp3) is 0.632. The van der Waals surface area contributed by atoms with Crippen molar-refractivity contribution in [3.05, 3.63) is 23.8 Å². The van der Waals surface area contributed by atoms with Crippen LogP contribution < -0.4 is 10.1 Å². The summed E-state index contributed by atoms with van der Waals surface area (Å²) < 4.78 is 10.9. The number of benzene rings is 1. The van der Waals surface area contributed by atoms with Crippen molar-refractivity contribution in [3.63, 3.8) is 0 Å². The van der Waals surface area contributed by atoms with Crippen LogP contribution in [0.15, 0.2) is 18.2 Å². The number of nitrogens with zero attached hydrogens (tertiary/aromatic N) is 1. The number of carbonyl (C=O) groups is 1. The summed E-state index contributed by atoms with van der Waals surface area (Å²) >= 11 is 0. The number of hydrogen-bond donors (Lipinski definition) is 1. The summed E-state index contributed by atoms with van der Waals surface area (Å²) in [5.41, 5.74) is 1.87. The van der Waals surface area contributed by atoms with Gasteiger partial charge in [-0.3, -0.25) is 9.69 Å². The predicted molar refractivity (Wildman–Crippen MR) is 94.6 cm³/mol. The lowest BCUT2D eigenvalue weighted by Gasteiger charge is -2.43. The third-order valence-corrected chi connectivity index (χ3v) is 5.34. The van der Waals surface area contributed by atoms with E-state index in [2.05, 4.69) is 10.2 Å². The lowest BCUT2D eigenvalue weighted by atomic mass is 9.90. The van der Waals surface area contributed by atoms with Gasteiger partial charge in [-0.1, -0.05) is 18.9 Å². The topological polar surface area (TPSA) is 50.8 Å². The number of nitrogens with one attached hydrogen (secondary N) is 1. The van der Waals surface area contributed by atoms with Crippen molar-refractivity contribution in [1.82, 2.24) is 4.90 Å². The van der Waals surface area contributed by atoms with Gasteiger partial charge in [0, 0.05) is 25.0 Å². The molecule has 0 atom stereocenters. The third kappa shape index (κ3) is 3.73. The number of methoxy groups -OCH3 is 1. The molecule has 3 rings (SSSR count). The SMILES string of the molecule is COc1cc(C)ccc1NC(=O)CC1(N2CCOCC2)CCCC1. The van der Waals surface area contributed by atoms with Gasteiger partial charge in [0.05, 0.1) is 26.0 Å². The fourth-order valence-electron chi connectivity index (χ4n) is 4.07. The van der Waals surface area contributed by atoms with E-state index in [1.54, 1.807) is 7.11 Å². The third-order valence-electron chi connectivity index (χ3n) is 5.34. The molecule has 5 heteroatoms. The number of anilines is 1. The van der Waals surface area contributed by atoms with E-state index >= 15 is 0 Å². The highest BCUT2D eigenvalue weighted by Gasteiger charge is 2.41. The smallest absolute Gasteiger partial charge is 0.226 e. The van der Waals surface area contributed by atoms with Gasteiger partial charge in [-0.05, 0) is 37.5 Å². The number of rotatable bonds is 5. The van der Waals surface area contributed by atoms with Crippen LogP contribution in [0.25, 0.3) is 0 Å². The van der Waals surface area contributed by atoms with Gasteiger partial charge in [0.25, 0.3) is 0 Å². The normalized spacial score (nSPS) is 20.8. The first-order valence-corrected chi connectivity index (χ1v) is 8.90. The first kappa shape index (κ1) is 17.2. The first-order valence-electron chi connectivity index (χ1n) is 8.90. The van der Waals surface area contributed by atoms with Crippen molar-refractivity contribution in [2.75, 3.05) is 38.7 Å². The van der Waals surface area contributed by atoms with E-state index in [-0.39, 0.29) is 11.4 Å². The Morgan fingerprint density at radius 2 is 2.00 bits per heavy atom. The van der Waals surface area contributed by atoms with Gasteiger partial charge in [0.15, 0.2) is 0 Å². The Kier molecular flexibility index (Phi) is 5.41. The van der Waals surface area contributed by atoms with Crippen molar-refractivity contribution in [2.45, 2.75) is 44.6 Å². The molecule has 2 fully saturated rings. The average molecular weight is 332 g/mol. The number of hydrogen-bond acceptors (Lipinski definition) is 4. The lowest BCUT2D eigenvalue weighted by molar-refractivity contribution is -0.120. The molecule has 0 unspecified atom stereocenters. The van der Waals surface area contributed by atoms with Crippen LogP contribution in [0.1, 0.15) is 37.7 Å². The van der Waals surface area contributed by atoms with Crippen molar-refractivity contribution in [2.24, 2.45) is 0 Å². The van der Waals surface area contributed by atoms with Crippen LogP contribution in [-0.4, -0.2) is 49.8 Å². The van der Waals surface area contributed by atoms with E-state index in [0.717, 1.165) is 56.1 Å². The summed E-state index contributed by atoms with van der Waals surface area (Å²) in [5.74, 6) is 0.792. The molecular formula is C19H28N2O3. The van der Waals surface area contributed by atoms with Crippen LogP contribution in [0.4, 0.5) is 5.69 Å². The highest BCUT2D eigenvalue weighted by Crippen LogP contribution is 2.39. The van der Waals surface area contributed by atoms with Gasteiger partial charge in [0.2, 0.25) is 5.91 Å². The minimum absolute atomic E-state index is 0.00575. The summed E-state index contributed by atoms with van der Waals surface area (Å²) in [6, 6.07) is 5.86. The zero-order valence-electron chi connectivity index (χ0n) is 14.8. The molecule has 1 heterocycles. The number of amides is 1. The van der Waals surface area contributed by atoms with E-state index in [1.165, 1.54) is 12.8 Å². The zero-order chi connectivity index (χ0) is 17.0. The molecule has 1 N–H and O–H groups in total. The summed E-state index contributed by atoms with van der Waals surface area (Å²) in [6.07, 6.45) is 5.16. The molecule has 0 spiro atoms. The summed E-state index contributed by atoms with van der Waals surface area (Å²) in [4.78, 5) is 15.2. The van der Waals surface area contributed by atoms with Gasteiger partial charge < -0.3 is 14.8 Å². The fourth-order valence-corrected chi connectivity index (χ4v) is 4.07. The lowest BCUT2D eigenvalue weighted by Crippen LogP contribution is -2.53. The van der Waals surface area contributed by atoms with Gasteiger partial charge in [-0.15, -0.1) is 0 Å². The second kappa shape index (κ2) is 7.53. The minimum Gasteiger partial charge on any atom is -0.495 e. The Morgan fingerprint density at radius 3 is 2.67 bits per heavy atom. The maximum Gasteiger partial charge on any atom is 0.226 e. The molecule has 0 radical (unpaired) electrons. The van der Waals surface area contributed by atoms with Crippen molar-refractivity contribution < 1.29 is 14.3 Å². The van der Waals surface area contributed by atoms with E-state index in [1.807, 2.05) is 25.1 Å². The summed E-state index contributed by atoms with van der Waals surface area (Å²) in [6.45, 7) is 5.42. The second-order valence-corrected chi connectivity index (χ2v) is 6.96. The van der Waals surface area contributed by atoms with Gasteiger partial charge in [-0.25, -0.2) is 0 Å². The average Bonchev–Trinajstić information content (AvgIpc) is 3.07. The van der Waals surface area contributed by atoms with Gasteiger partial charge in [-0.2, -0.15) is 0 Å². The van der Waals surface area contributed by atoms with E-state index in [0.29, 0.717) is 6.42 Å². The Balaban J connectivity index is 1.70. The maximum absolute atomic E-state index is 12.7. The maximum atomic E-state index is 12.7. The van der Waals surface area contributed by atoms with Crippen molar-refractivity contribution in [3.8, 4) is 5.75 Å². The Bertz CT molecular complexity index is 576. The predicted octanol–water partition coefficient (Wildman–Crippen LogP) is 2.98. The van der Waals surface area contributed by atoms with E-state index in [4.69, 9.17) is 9.47 Å². The molecule has 1 aliphatic heterocycles. The van der Waals surface area contributed by atoms with Gasteiger partial charge in [0.1, 0.15) is 5.75 Å². The van der Waals surface area contributed by atoms with Crippen LogP contribution in [0.3, 0.4) is 0 Å². The quantitative estimate of drug-likeness (QED) is 0.901. The molecular weight excluding hydrogens is 304 g/mol. The monoisotopic (exact) mass is 332 g/mol. The van der Waals surface area contributed by atoms with E-state index < -0.39 is 0 Å².